The first-order chi connectivity index (χ1) is 10.9. The van der Waals surface area contributed by atoms with Gasteiger partial charge in [0.1, 0.15) is 11.8 Å². The van der Waals surface area contributed by atoms with Crippen molar-refractivity contribution in [2.75, 3.05) is 6.61 Å². The Kier molecular flexibility index (Phi) is 4.65. The molecule has 0 amide bonds. The van der Waals surface area contributed by atoms with E-state index in [1.807, 2.05) is 12.1 Å². The fourth-order valence-corrected chi connectivity index (χ4v) is 2.89. The highest BCUT2D eigenvalue weighted by Gasteiger charge is 2.15. The Morgan fingerprint density at radius 3 is 2.64 bits per heavy atom. The number of rotatable bonds is 4. The minimum absolute atomic E-state index is 0.542. The topological polar surface area (TPSA) is 58.8 Å². The third-order valence-corrected chi connectivity index (χ3v) is 4.12. The molecule has 2 aromatic rings. The summed E-state index contributed by atoms with van der Waals surface area (Å²) in [5.41, 5.74) is 1.38. The Morgan fingerprint density at radius 2 is 1.91 bits per heavy atom. The fraction of sp³-hybridized carbons (Fsp3) is 0.389. The molecule has 0 aliphatic heterocycles. The van der Waals surface area contributed by atoms with E-state index >= 15 is 0 Å². The second kappa shape index (κ2) is 7.04. The summed E-state index contributed by atoms with van der Waals surface area (Å²) < 4.78 is 5.90. The molecule has 4 nitrogen and oxygen atoms in total. The second-order valence-electron chi connectivity index (χ2n) is 5.71. The molecule has 0 saturated heterocycles. The normalized spacial score (nSPS) is 15.2. The van der Waals surface area contributed by atoms with E-state index in [0.29, 0.717) is 29.7 Å². The Bertz CT molecular complexity index is 658. The van der Waals surface area contributed by atoms with Crippen LogP contribution in [0.2, 0.25) is 0 Å². The maximum atomic E-state index is 9.36. The molecular formula is C18H19N3O. The van der Waals surface area contributed by atoms with Gasteiger partial charge in [0.25, 0.3) is 0 Å². The zero-order valence-corrected chi connectivity index (χ0v) is 12.5. The zero-order valence-electron chi connectivity index (χ0n) is 12.5. The Balaban J connectivity index is 1.73. The number of aromatic nitrogens is 2. The molecule has 3 rings (SSSR count). The van der Waals surface area contributed by atoms with Crippen molar-refractivity contribution in [3.05, 3.63) is 42.2 Å². The van der Waals surface area contributed by atoms with Crippen LogP contribution in [-0.2, 0) is 0 Å². The molecule has 1 aromatic carbocycles. The summed E-state index contributed by atoms with van der Waals surface area (Å²) in [6.07, 6.45) is 9.79. The van der Waals surface area contributed by atoms with Gasteiger partial charge in [0, 0.05) is 18.0 Å². The Labute approximate surface area is 130 Å². The number of benzene rings is 1. The quantitative estimate of drug-likeness (QED) is 0.855. The van der Waals surface area contributed by atoms with E-state index in [2.05, 4.69) is 16.0 Å². The lowest BCUT2D eigenvalue weighted by Crippen LogP contribution is -2.15. The molecule has 0 radical (unpaired) electrons. The Hall–Kier alpha value is -2.41. The lowest BCUT2D eigenvalue weighted by atomic mass is 9.90. The predicted octanol–water partition coefficient (Wildman–Crippen LogP) is 3.97. The highest BCUT2D eigenvalue weighted by atomic mass is 16.5. The van der Waals surface area contributed by atoms with Crippen LogP contribution in [0.4, 0.5) is 0 Å². The van der Waals surface area contributed by atoms with Gasteiger partial charge in [-0.15, -0.1) is 0 Å². The zero-order chi connectivity index (χ0) is 15.2. The van der Waals surface area contributed by atoms with E-state index < -0.39 is 0 Å². The lowest BCUT2D eigenvalue weighted by Gasteiger charge is -2.22. The van der Waals surface area contributed by atoms with Gasteiger partial charge in [0.15, 0.2) is 5.82 Å². The van der Waals surface area contributed by atoms with Crippen LogP contribution in [0.1, 0.15) is 37.7 Å². The maximum Gasteiger partial charge on any atom is 0.159 e. The van der Waals surface area contributed by atoms with Crippen LogP contribution in [0.15, 0.2) is 36.7 Å². The van der Waals surface area contributed by atoms with Crippen LogP contribution in [0.3, 0.4) is 0 Å². The Morgan fingerprint density at radius 1 is 1.14 bits per heavy atom. The van der Waals surface area contributed by atoms with Crippen LogP contribution in [0.25, 0.3) is 11.4 Å². The van der Waals surface area contributed by atoms with Gasteiger partial charge in [0.2, 0.25) is 0 Å². The predicted molar refractivity (Wildman–Crippen MR) is 84.3 cm³/mol. The van der Waals surface area contributed by atoms with Crippen molar-refractivity contribution < 1.29 is 4.74 Å². The highest BCUT2D eigenvalue weighted by Crippen LogP contribution is 2.27. The molecule has 0 atom stereocenters. The van der Waals surface area contributed by atoms with Crippen LogP contribution in [0, 0.1) is 17.2 Å². The SMILES string of the molecule is N#Cc1cc(-c2ncccn2)ccc1OCC1CCCCC1. The third-order valence-electron chi connectivity index (χ3n) is 4.12. The van der Waals surface area contributed by atoms with Gasteiger partial charge < -0.3 is 4.74 Å². The monoisotopic (exact) mass is 293 g/mol. The summed E-state index contributed by atoms with van der Waals surface area (Å²) in [4.78, 5) is 8.42. The molecule has 0 unspecified atom stereocenters. The van der Waals surface area contributed by atoms with Crippen LogP contribution >= 0.6 is 0 Å². The second-order valence-corrected chi connectivity index (χ2v) is 5.71. The first-order valence-electron chi connectivity index (χ1n) is 7.81. The standard InChI is InChI=1S/C18H19N3O/c19-12-16-11-15(18-20-9-4-10-21-18)7-8-17(16)22-13-14-5-2-1-3-6-14/h4,7-11,14H,1-3,5-6,13H2. The van der Waals surface area contributed by atoms with Crippen molar-refractivity contribution in [1.82, 2.24) is 9.97 Å². The molecule has 4 heteroatoms. The molecule has 1 aliphatic rings. The van der Waals surface area contributed by atoms with Crippen molar-refractivity contribution in [2.24, 2.45) is 5.92 Å². The van der Waals surface area contributed by atoms with Crippen LogP contribution in [0.5, 0.6) is 5.75 Å². The highest BCUT2D eigenvalue weighted by molar-refractivity contribution is 5.61. The maximum absolute atomic E-state index is 9.36. The van der Waals surface area contributed by atoms with Crippen molar-refractivity contribution in [1.29, 1.82) is 5.26 Å². The molecule has 0 N–H and O–H groups in total. The first kappa shape index (κ1) is 14.5. The summed E-state index contributed by atoms with van der Waals surface area (Å²) in [5.74, 6) is 1.91. The first-order valence-corrected chi connectivity index (χ1v) is 7.81. The molecule has 1 aliphatic carbocycles. The fourth-order valence-electron chi connectivity index (χ4n) is 2.89. The van der Waals surface area contributed by atoms with Gasteiger partial charge in [0.05, 0.1) is 12.2 Å². The smallest absolute Gasteiger partial charge is 0.159 e. The van der Waals surface area contributed by atoms with E-state index in [0.717, 1.165) is 5.56 Å². The molecule has 0 spiro atoms. The summed E-state index contributed by atoms with van der Waals surface area (Å²) in [7, 11) is 0. The van der Waals surface area contributed by atoms with Gasteiger partial charge in [-0.05, 0) is 43.0 Å². The van der Waals surface area contributed by atoms with Crippen molar-refractivity contribution in [3.8, 4) is 23.2 Å². The van der Waals surface area contributed by atoms with E-state index in [-0.39, 0.29) is 0 Å². The van der Waals surface area contributed by atoms with Gasteiger partial charge in [-0.1, -0.05) is 19.3 Å². The van der Waals surface area contributed by atoms with Crippen LogP contribution in [-0.4, -0.2) is 16.6 Å². The van der Waals surface area contributed by atoms with Crippen molar-refractivity contribution in [2.45, 2.75) is 32.1 Å². The average Bonchev–Trinajstić information content (AvgIpc) is 2.61. The molecule has 0 bridgehead atoms. The van der Waals surface area contributed by atoms with E-state index in [1.165, 1.54) is 32.1 Å². The average molecular weight is 293 g/mol. The molecular weight excluding hydrogens is 274 g/mol. The largest absolute Gasteiger partial charge is 0.492 e. The summed E-state index contributed by atoms with van der Waals surface area (Å²) >= 11 is 0. The molecule has 22 heavy (non-hydrogen) atoms. The van der Waals surface area contributed by atoms with Crippen molar-refractivity contribution in [3.63, 3.8) is 0 Å². The van der Waals surface area contributed by atoms with E-state index in [1.54, 1.807) is 24.5 Å². The van der Waals surface area contributed by atoms with E-state index in [4.69, 9.17) is 4.74 Å². The third kappa shape index (κ3) is 3.43. The number of hydrogen-bond acceptors (Lipinski definition) is 4. The van der Waals surface area contributed by atoms with Crippen LogP contribution < -0.4 is 4.74 Å². The summed E-state index contributed by atoms with van der Waals surface area (Å²) in [6.45, 7) is 0.704. The lowest BCUT2D eigenvalue weighted by molar-refractivity contribution is 0.208. The minimum Gasteiger partial charge on any atom is -0.492 e. The molecule has 1 saturated carbocycles. The molecule has 1 heterocycles. The number of nitriles is 1. The van der Waals surface area contributed by atoms with Gasteiger partial charge in [-0.25, -0.2) is 9.97 Å². The van der Waals surface area contributed by atoms with Gasteiger partial charge >= 0.3 is 0 Å². The van der Waals surface area contributed by atoms with Gasteiger partial charge in [-0.2, -0.15) is 5.26 Å². The molecule has 1 fully saturated rings. The number of ether oxygens (including phenoxy) is 1. The number of hydrogen-bond donors (Lipinski definition) is 0. The summed E-state index contributed by atoms with van der Waals surface area (Å²) in [5, 5.41) is 9.36. The molecule has 1 aromatic heterocycles. The molecule has 112 valence electrons. The summed E-state index contributed by atoms with van der Waals surface area (Å²) in [6, 6.07) is 9.55. The van der Waals surface area contributed by atoms with Crippen molar-refractivity contribution >= 4 is 0 Å². The van der Waals surface area contributed by atoms with Gasteiger partial charge in [-0.3, -0.25) is 0 Å². The van der Waals surface area contributed by atoms with E-state index in [9.17, 15) is 5.26 Å². The minimum atomic E-state index is 0.542. The number of nitrogens with zero attached hydrogens (tertiary/aromatic N) is 3.